The Labute approximate surface area is 112 Å². The molecule has 1 fully saturated rings. The Morgan fingerprint density at radius 2 is 2.00 bits per heavy atom. The van der Waals surface area contributed by atoms with Crippen molar-refractivity contribution in [2.24, 2.45) is 5.92 Å². The molecule has 0 bridgehead atoms. The highest BCUT2D eigenvalue weighted by Crippen LogP contribution is 2.26. The molecule has 0 spiro atoms. The van der Waals surface area contributed by atoms with E-state index in [9.17, 15) is 18.8 Å². The number of amides is 3. The quantitative estimate of drug-likeness (QED) is 0.885. The van der Waals surface area contributed by atoms with Crippen molar-refractivity contribution in [1.82, 2.24) is 5.32 Å². The second-order valence-electron chi connectivity index (χ2n) is 4.10. The molecule has 0 aliphatic carbocycles. The van der Waals surface area contributed by atoms with Crippen LogP contribution in [0.4, 0.5) is 14.9 Å². The minimum Gasteiger partial charge on any atom is -0.326 e. The Bertz CT molecular complexity index is 532. The zero-order chi connectivity index (χ0) is 14.0. The van der Waals surface area contributed by atoms with Crippen molar-refractivity contribution in [1.29, 1.82) is 0 Å². The van der Waals surface area contributed by atoms with E-state index in [2.05, 4.69) is 10.6 Å². The molecule has 19 heavy (non-hydrogen) atoms. The van der Waals surface area contributed by atoms with Gasteiger partial charge in [0.1, 0.15) is 11.1 Å². The van der Waals surface area contributed by atoms with Crippen LogP contribution in [0.2, 0.25) is 0 Å². The molecule has 2 N–H and O–H groups in total. The van der Waals surface area contributed by atoms with Gasteiger partial charge >= 0.3 is 0 Å². The third-order valence-electron chi connectivity index (χ3n) is 2.70. The first-order valence-electron chi connectivity index (χ1n) is 5.55. The van der Waals surface area contributed by atoms with Crippen molar-refractivity contribution < 1.29 is 18.8 Å². The lowest BCUT2D eigenvalue weighted by Crippen LogP contribution is -2.35. The van der Waals surface area contributed by atoms with E-state index >= 15 is 0 Å². The monoisotopic (exact) mass is 282 g/mol. The summed E-state index contributed by atoms with van der Waals surface area (Å²) < 4.78 is 12.7. The van der Waals surface area contributed by atoms with Gasteiger partial charge < -0.3 is 5.32 Å². The second kappa shape index (κ2) is 5.40. The SMILES string of the molecule is CC(C(=O)Nc1ccc(F)cc1)C1SC(=O)NC1=O. The highest BCUT2D eigenvalue weighted by Gasteiger charge is 2.38. The van der Waals surface area contributed by atoms with Crippen LogP contribution < -0.4 is 10.6 Å². The summed E-state index contributed by atoms with van der Waals surface area (Å²) in [6.45, 7) is 1.56. The summed E-state index contributed by atoms with van der Waals surface area (Å²) in [4.78, 5) is 34.4. The molecular weight excluding hydrogens is 271 g/mol. The van der Waals surface area contributed by atoms with Gasteiger partial charge in [-0.15, -0.1) is 0 Å². The normalized spacial score (nSPS) is 20.0. The molecule has 100 valence electrons. The maximum absolute atomic E-state index is 12.7. The average Bonchev–Trinajstić information content (AvgIpc) is 2.70. The van der Waals surface area contributed by atoms with E-state index in [1.807, 2.05) is 0 Å². The maximum atomic E-state index is 12.7. The summed E-state index contributed by atoms with van der Waals surface area (Å²) >= 11 is 0.803. The average molecular weight is 282 g/mol. The van der Waals surface area contributed by atoms with Crippen LogP contribution in [0, 0.1) is 11.7 Å². The Morgan fingerprint density at radius 3 is 2.53 bits per heavy atom. The Balaban J connectivity index is 2.01. The molecule has 1 aromatic rings. The minimum atomic E-state index is -0.729. The number of thioether (sulfide) groups is 1. The molecule has 0 aromatic heterocycles. The second-order valence-corrected chi connectivity index (χ2v) is 5.21. The number of nitrogens with one attached hydrogen (secondary N) is 2. The molecule has 2 rings (SSSR count). The molecular formula is C12H11FN2O3S. The van der Waals surface area contributed by atoms with Crippen molar-refractivity contribution in [3.8, 4) is 0 Å². The Morgan fingerprint density at radius 1 is 1.37 bits per heavy atom. The van der Waals surface area contributed by atoms with Gasteiger partial charge in [0, 0.05) is 5.69 Å². The van der Waals surface area contributed by atoms with Crippen molar-refractivity contribution in [2.75, 3.05) is 5.32 Å². The summed E-state index contributed by atoms with van der Waals surface area (Å²) in [6, 6.07) is 5.29. The molecule has 5 nitrogen and oxygen atoms in total. The number of halogens is 1. The zero-order valence-corrected chi connectivity index (χ0v) is 10.8. The van der Waals surface area contributed by atoms with Crippen LogP contribution >= 0.6 is 11.8 Å². The van der Waals surface area contributed by atoms with E-state index in [0.29, 0.717) is 5.69 Å². The lowest BCUT2D eigenvalue weighted by molar-refractivity contribution is -0.125. The van der Waals surface area contributed by atoms with Gasteiger partial charge in [0.2, 0.25) is 11.8 Å². The fourth-order valence-corrected chi connectivity index (χ4v) is 2.51. The highest BCUT2D eigenvalue weighted by molar-refractivity contribution is 8.15. The Kier molecular flexibility index (Phi) is 3.84. The largest absolute Gasteiger partial charge is 0.326 e. The van der Waals surface area contributed by atoms with Gasteiger partial charge in [-0.05, 0) is 24.3 Å². The first kappa shape index (κ1) is 13.5. The van der Waals surface area contributed by atoms with Gasteiger partial charge in [0.05, 0.1) is 5.92 Å². The minimum absolute atomic E-state index is 0.394. The van der Waals surface area contributed by atoms with Crippen molar-refractivity contribution in [3.05, 3.63) is 30.1 Å². The number of carbonyl (C=O) groups is 3. The summed E-state index contributed by atoms with van der Waals surface area (Å²) in [5.41, 5.74) is 0.438. The van der Waals surface area contributed by atoms with Crippen LogP contribution in [0.15, 0.2) is 24.3 Å². The maximum Gasteiger partial charge on any atom is 0.286 e. The van der Waals surface area contributed by atoms with Crippen LogP contribution in [0.3, 0.4) is 0 Å². The van der Waals surface area contributed by atoms with Crippen LogP contribution in [0.5, 0.6) is 0 Å². The molecule has 0 saturated carbocycles. The standard InChI is InChI=1S/C12H11FN2O3S/c1-6(9-11(17)15-12(18)19-9)10(16)14-8-4-2-7(13)3-5-8/h2-6,9H,1H3,(H,14,16)(H,15,17,18). The van der Waals surface area contributed by atoms with Crippen molar-refractivity contribution in [3.63, 3.8) is 0 Å². The van der Waals surface area contributed by atoms with Crippen LogP contribution in [0.1, 0.15) is 6.92 Å². The molecule has 3 amide bonds. The number of hydrogen-bond acceptors (Lipinski definition) is 4. The van der Waals surface area contributed by atoms with E-state index in [0.717, 1.165) is 11.8 Å². The first-order chi connectivity index (χ1) is 8.97. The topological polar surface area (TPSA) is 75.3 Å². The van der Waals surface area contributed by atoms with E-state index in [4.69, 9.17) is 0 Å². The lowest BCUT2D eigenvalue weighted by atomic mass is 10.1. The number of hydrogen-bond donors (Lipinski definition) is 2. The summed E-state index contributed by atoms with van der Waals surface area (Å²) in [6.07, 6.45) is 0. The van der Waals surface area contributed by atoms with E-state index in [1.54, 1.807) is 6.92 Å². The van der Waals surface area contributed by atoms with Gasteiger partial charge in [0.25, 0.3) is 5.24 Å². The predicted molar refractivity (Wildman–Crippen MR) is 69.1 cm³/mol. The molecule has 2 atom stereocenters. The van der Waals surface area contributed by atoms with Crippen molar-refractivity contribution in [2.45, 2.75) is 12.2 Å². The predicted octanol–water partition coefficient (Wildman–Crippen LogP) is 1.75. The Hall–Kier alpha value is -1.89. The van der Waals surface area contributed by atoms with E-state index < -0.39 is 34.0 Å². The molecule has 0 radical (unpaired) electrons. The third kappa shape index (κ3) is 3.11. The highest BCUT2D eigenvalue weighted by atomic mass is 32.2. The fourth-order valence-electron chi connectivity index (χ4n) is 1.63. The first-order valence-corrected chi connectivity index (χ1v) is 6.43. The number of imide groups is 1. The van der Waals surface area contributed by atoms with Crippen LogP contribution in [-0.4, -0.2) is 22.3 Å². The van der Waals surface area contributed by atoms with Crippen molar-refractivity contribution >= 4 is 34.5 Å². The van der Waals surface area contributed by atoms with Gasteiger partial charge in [-0.3, -0.25) is 19.7 Å². The molecule has 7 heteroatoms. The summed E-state index contributed by atoms with van der Waals surface area (Å²) in [5, 5.41) is 3.52. The number of anilines is 1. The zero-order valence-electron chi connectivity index (χ0n) is 9.98. The molecule has 1 aliphatic heterocycles. The van der Waals surface area contributed by atoms with E-state index in [1.165, 1.54) is 24.3 Å². The molecule has 1 aromatic carbocycles. The van der Waals surface area contributed by atoms with Gasteiger partial charge in [-0.1, -0.05) is 18.7 Å². The van der Waals surface area contributed by atoms with Gasteiger partial charge in [0.15, 0.2) is 0 Å². The summed E-state index contributed by atoms with van der Waals surface area (Å²) in [7, 11) is 0. The van der Waals surface area contributed by atoms with E-state index in [-0.39, 0.29) is 0 Å². The van der Waals surface area contributed by atoms with Gasteiger partial charge in [-0.25, -0.2) is 4.39 Å². The molecule has 1 saturated heterocycles. The lowest BCUT2D eigenvalue weighted by Gasteiger charge is -2.15. The molecule has 1 aliphatic rings. The third-order valence-corrected chi connectivity index (χ3v) is 3.89. The van der Waals surface area contributed by atoms with Crippen LogP contribution in [0.25, 0.3) is 0 Å². The van der Waals surface area contributed by atoms with Gasteiger partial charge in [-0.2, -0.15) is 0 Å². The fraction of sp³-hybridized carbons (Fsp3) is 0.250. The molecule has 2 unspecified atom stereocenters. The smallest absolute Gasteiger partial charge is 0.286 e. The number of rotatable bonds is 3. The van der Waals surface area contributed by atoms with Crippen LogP contribution in [-0.2, 0) is 9.59 Å². The molecule has 1 heterocycles. The number of benzene rings is 1. The summed E-state index contributed by atoms with van der Waals surface area (Å²) in [5.74, 6) is -1.92. The number of carbonyl (C=O) groups excluding carboxylic acids is 3.